The Morgan fingerprint density at radius 1 is 1.15 bits per heavy atom. The van der Waals surface area contributed by atoms with Gasteiger partial charge in [-0.15, -0.1) is 0 Å². The molecule has 2 aromatic carbocycles. The Bertz CT molecular complexity index is 566. The Morgan fingerprint density at radius 2 is 1.85 bits per heavy atom. The lowest BCUT2D eigenvalue weighted by atomic mass is 10.1. The fourth-order valence-electron chi connectivity index (χ4n) is 2.03. The molecule has 1 atom stereocenters. The number of hydrogen-bond acceptors (Lipinski definition) is 2. The standard InChI is InChI=1S/C17H20BrNO/c1-4-19-13(3)14-7-10-17(16(18)11-14)20-15-8-5-12(2)6-9-15/h5-11,13,19H,4H2,1-3H3. The largest absolute Gasteiger partial charge is 0.456 e. The summed E-state index contributed by atoms with van der Waals surface area (Å²) in [4.78, 5) is 0. The second kappa shape index (κ2) is 6.91. The molecule has 0 aliphatic rings. The molecule has 0 heterocycles. The molecule has 0 saturated carbocycles. The molecule has 1 N–H and O–H groups in total. The molecule has 2 rings (SSSR count). The molecule has 20 heavy (non-hydrogen) atoms. The van der Waals surface area contributed by atoms with Crippen LogP contribution in [0.25, 0.3) is 0 Å². The molecule has 2 aromatic rings. The molecule has 0 bridgehead atoms. The summed E-state index contributed by atoms with van der Waals surface area (Å²) >= 11 is 3.59. The first-order valence-corrected chi connectivity index (χ1v) is 7.66. The van der Waals surface area contributed by atoms with Crippen LogP contribution in [0, 0.1) is 6.92 Å². The van der Waals surface area contributed by atoms with Crippen LogP contribution in [0.2, 0.25) is 0 Å². The van der Waals surface area contributed by atoms with Crippen LogP contribution in [0.4, 0.5) is 0 Å². The van der Waals surface area contributed by atoms with Crippen LogP contribution < -0.4 is 10.1 Å². The van der Waals surface area contributed by atoms with Gasteiger partial charge >= 0.3 is 0 Å². The lowest BCUT2D eigenvalue weighted by Crippen LogP contribution is -2.17. The zero-order chi connectivity index (χ0) is 14.5. The summed E-state index contributed by atoms with van der Waals surface area (Å²) < 4.78 is 6.86. The van der Waals surface area contributed by atoms with Crippen LogP contribution >= 0.6 is 15.9 Å². The summed E-state index contributed by atoms with van der Waals surface area (Å²) in [6.07, 6.45) is 0. The van der Waals surface area contributed by atoms with Gasteiger partial charge in [0.1, 0.15) is 11.5 Å². The summed E-state index contributed by atoms with van der Waals surface area (Å²) in [5.41, 5.74) is 2.47. The van der Waals surface area contributed by atoms with Crippen molar-refractivity contribution >= 4 is 15.9 Å². The predicted molar refractivity (Wildman–Crippen MR) is 87.5 cm³/mol. The van der Waals surface area contributed by atoms with Gasteiger partial charge < -0.3 is 10.1 Å². The van der Waals surface area contributed by atoms with E-state index in [1.165, 1.54) is 11.1 Å². The van der Waals surface area contributed by atoms with Crippen molar-refractivity contribution in [3.05, 3.63) is 58.1 Å². The SMILES string of the molecule is CCNC(C)c1ccc(Oc2ccc(C)cc2)c(Br)c1. The number of nitrogens with one attached hydrogen (secondary N) is 1. The zero-order valence-corrected chi connectivity index (χ0v) is 13.7. The lowest BCUT2D eigenvalue weighted by Gasteiger charge is -2.15. The van der Waals surface area contributed by atoms with E-state index in [1.54, 1.807) is 0 Å². The highest BCUT2D eigenvalue weighted by atomic mass is 79.9. The number of halogens is 1. The van der Waals surface area contributed by atoms with Crippen molar-refractivity contribution in [1.82, 2.24) is 5.32 Å². The monoisotopic (exact) mass is 333 g/mol. The van der Waals surface area contributed by atoms with Crippen LogP contribution in [-0.4, -0.2) is 6.54 Å². The third-order valence-electron chi connectivity index (χ3n) is 3.22. The Labute approximate surface area is 129 Å². The lowest BCUT2D eigenvalue weighted by molar-refractivity contribution is 0.478. The van der Waals surface area contributed by atoms with Crippen LogP contribution in [-0.2, 0) is 0 Å². The molecule has 1 unspecified atom stereocenters. The zero-order valence-electron chi connectivity index (χ0n) is 12.1. The molecule has 0 amide bonds. The molecule has 0 fully saturated rings. The molecule has 0 radical (unpaired) electrons. The quantitative estimate of drug-likeness (QED) is 0.809. The number of ether oxygens (including phenoxy) is 1. The maximum absolute atomic E-state index is 5.89. The molecule has 106 valence electrons. The molecular weight excluding hydrogens is 314 g/mol. The van der Waals surface area contributed by atoms with Crippen molar-refractivity contribution in [2.24, 2.45) is 0 Å². The van der Waals surface area contributed by atoms with Crippen molar-refractivity contribution < 1.29 is 4.74 Å². The minimum Gasteiger partial charge on any atom is -0.456 e. The Kier molecular flexibility index (Phi) is 5.21. The first-order valence-electron chi connectivity index (χ1n) is 6.87. The third-order valence-corrected chi connectivity index (χ3v) is 3.83. The van der Waals surface area contributed by atoms with Gasteiger partial charge in [-0.3, -0.25) is 0 Å². The molecule has 0 spiro atoms. The highest BCUT2D eigenvalue weighted by Crippen LogP contribution is 2.32. The van der Waals surface area contributed by atoms with Gasteiger partial charge in [0, 0.05) is 6.04 Å². The van der Waals surface area contributed by atoms with Gasteiger partial charge in [-0.05, 0) is 66.2 Å². The average molecular weight is 334 g/mol. The predicted octanol–water partition coefficient (Wildman–Crippen LogP) is 5.22. The van der Waals surface area contributed by atoms with E-state index in [1.807, 2.05) is 30.3 Å². The van der Waals surface area contributed by atoms with Crippen molar-refractivity contribution in [3.8, 4) is 11.5 Å². The Morgan fingerprint density at radius 3 is 2.45 bits per heavy atom. The van der Waals surface area contributed by atoms with Crippen molar-refractivity contribution in [2.75, 3.05) is 6.54 Å². The highest BCUT2D eigenvalue weighted by molar-refractivity contribution is 9.10. The fraction of sp³-hybridized carbons (Fsp3) is 0.294. The maximum Gasteiger partial charge on any atom is 0.141 e. The molecule has 0 saturated heterocycles. The summed E-state index contributed by atoms with van der Waals surface area (Å²) in [5, 5.41) is 3.40. The second-order valence-electron chi connectivity index (χ2n) is 4.88. The van der Waals surface area contributed by atoms with E-state index in [2.05, 4.69) is 54.2 Å². The summed E-state index contributed by atoms with van der Waals surface area (Å²) in [6.45, 7) is 7.29. The molecule has 3 heteroatoms. The van der Waals surface area contributed by atoms with Crippen molar-refractivity contribution in [3.63, 3.8) is 0 Å². The van der Waals surface area contributed by atoms with Crippen molar-refractivity contribution in [1.29, 1.82) is 0 Å². The van der Waals surface area contributed by atoms with E-state index in [0.29, 0.717) is 6.04 Å². The molecule has 2 nitrogen and oxygen atoms in total. The van der Waals surface area contributed by atoms with E-state index in [4.69, 9.17) is 4.74 Å². The first kappa shape index (κ1) is 15.1. The number of aryl methyl sites for hydroxylation is 1. The van der Waals surface area contributed by atoms with Crippen LogP contribution in [0.1, 0.15) is 31.0 Å². The summed E-state index contributed by atoms with van der Waals surface area (Å²) in [7, 11) is 0. The minimum absolute atomic E-state index is 0.338. The fourth-order valence-corrected chi connectivity index (χ4v) is 2.50. The van der Waals surface area contributed by atoms with E-state index >= 15 is 0 Å². The molecule has 0 aliphatic carbocycles. The van der Waals surface area contributed by atoms with Crippen LogP contribution in [0.3, 0.4) is 0 Å². The number of rotatable bonds is 5. The van der Waals surface area contributed by atoms with Gasteiger partial charge in [-0.1, -0.05) is 30.7 Å². The molecular formula is C17H20BrNO. The van der Waals surface area contributed by atoms with E-state index in [0.717, 1.165) is 22.5 Å². The van der Waals surface area contributed by atoms with Gasteiger partial charge in [-0.25, -0.2) is 0 Å². The van der Waals surface area contributed by atoms with Gasteiger partial charge in [0.05, 0.1) is 4.47 Å². The van der Waals surface area contributed by atoms with Gasteiger partial charge in [-0.2, -0.15) is 0 Å². The maximum atomic E-state index is 5.89. The van der Waals surface area contributed by atoms with Crippen LogP contribution in [0.5, 0.6) is 11.5 Å². The second-order valence-corrected chi connectivity index (χ2v) is 5.74. The highest BCUT2D eigenvalue weighted by Gasteiger charge is 2.08. The Hall–Kier alpha value is -1.32. The van der Waals surface area contributed by atoms with Gasteiger partial charge in [0.2, 0.25) is 0 Å². The smallest absolute Gasteiger partial charge is 0.141 e. The summed E-state index contributed by atoms with van der Waals surface area (Å²) in [5.74, 6) is 1.69. The van der Waals surface area contributed by atoms with E-state index in [9.17, 15) is 0 Å². The topological polar surface area (TPSA) is 21.3 Å². The first-order chi connectivity index (χ1) is 9.60. The van der Waals surface area contributed by atoms with Crippen LogP contribution in [0.15, 0.2) is 46.9 Å². The average Bonchev–Trinajstić information content (AvgIpc) is 2.43. The number of benzene rings is 2. The normalized spacial score (nSPS) is 12.2. The summed E-state index contributed by atoms with van der Waals surface area (Å²) in [6, 6.07) is 14.6. The van der Waals surface area contributed by atoms with Gasteiger partial charge in [0.15, 0.2) is 0 Å². The third kappa shape index (κ3) is 3.84. The van der Waals surface area contributed by atoms with E-state index < -0.39 is 0 Å². The number of hydrogen-bond donors (Lipinski definition) is 1. The van der Waals surface area contributed by atoms with Gasteiger partial charge in [0.25, 0.3) is 0 Å². The minimum atomic E-state index is 0.338. The molecule has 0 aliphatic heterocycles. The molecule has 0 aromatic heterocycles. The van der Waals surface area contributed by atoms with E-state index in [-0.39, 0.29) is 0 Å². The van der Waals surface area contributed by atoms with Crippen molar-refractivity contribution in [2.45, 2.75) is 26.8 Å². The Balaban J connectivity index is 2.15.